The number of carbonyl (C=O) groups excluding carboxylic acids is 1. The Bertz CT molecular complexity index is 787. The van der Waals surface area contributed by atoms with Gasteiger partial charge in [0.25, 0.3) is 0 Å². The molecule has 2 aliphatic carbocycles. The van der Waals surface area contributed by atoms with Crippen LogP contribution in [0.1, 0.15) is 25.7 Å². The lowest BCUT2D eigenvalue weighted by molar-refractivity contribution is -0.119. The van der Waals surface area contributed by atoms with E-state index in [1.54, 1.807) is 7.11 Å². The molecule has 0 saturated heterocycles. The molecule has 1 aromatic heterocycles. The molecule has 0 unspecified atom stereocenters. The predicted molar refractivity (Wildman–Crippen MR) is 101 cm³/mol. The number of para-hydroxylation sites is 1. The fourth-order valence-corrected chi connectivity index (χ4v) is 4.12. The number of nitrogens with zero attached hydrogens (tertiary/aromatic N) is 3. The van der Waals surface area contributed by atoms with E-state index >= 15 is 0 Å². The Labute approximate surface area is 157 Å². The normalized spacial score (nSPS) is 16.7. The molecule has 1 heterocycles. The zero-order chi connectivity index (χ0) is 18.1. The number of hydrogen-bond acceptors (Lipinski definition) is 5. The van der Waals surface area contributed by atoms with Crippen molar-refractivity contribution in [2.24, 2.45) is 18.9 Å². The molecule has 6 nitrogen and oxygen atoms in total. The van der Waals surface area contributed by atoms with Crippen LogP contribution in [0.25, 0.3) is 11.4 Å². The highest BCUT2D eigenvalue weighted by Crippen LogP contribution is 2.44. The van der Waals surface area contributed by atoms with Gasteiger partial charge in [-0.2, -0.15) is 0 Å². The first kappa shape index (κ1) is 17.4. The van der Waals surface area contributed by atoms with Gasteiger partial charge in [-0.15, -0.1) is 10.2 Å². The molecule has 1 N–H and O–H groups in total. The van der Waals surface area contributed by atoms with Crippen molar-refractivity contribution < 1.29 is 9.53 Å². The Morgan fingerprint density at radius 2 is 1.96 bits per heavy atom. The molecule has 1 amide bonds. The maximum atomic E-state index is 12.4. The van der Waals surface area contributed by atoms with Crippen molar-refractivity contribution in [1.29, 1.82) is 0 Å². The summed E-state index contributed by atoms with van der Waals surface area (Å²) >= 11 is 1.43. The van der Waals surface area contributed by atoms with Crippen LogP contribution in [0.2, 0.25) is 0 Å². The molecule has 0 spiro atoms. The Morgan fingerprint density at radius 3 is 2.62 bits per heavy atom. The molecule has 1 aromatic carbocycles. The maximum absolute atomic E-state index is 12.4. The third kappa shape index (κ3) is 3.72. The SMILES string of the molecule is COc1ccccc1-c1nnc(SCC(=O)NC(C2CC2)C2CC2)n1C. The number of methoxy groups -OCH3 is 1. The van der Waals surface area contributed by atoms with E-state index in [0.29, 0.717) is 23.6 Å². The highest BCUT2D eigenvalue weighted by Gasteiger charge is 2.42. The van der Waals surface area contributed by atoms with Gasteiger partial charge in [0, 0.05) is 13.1 Å². The Hall–Kier alpha value is -2.02. The summed E-state index contributed by atoms with van der Waals surface area (Å²) in [6, 6.07) is 8.13. The number of amides is 1. The summed E-state index contributed by atoms with van der Waals surface area (Å²) < 4.78 is 7.32. The average molecular weight is 372 g/mol. The number of ether oxygens (including phenoxy) is 1. The first-order valence-corrected chi connectivity index (χ1v) is 10.1. The van der Waals surface area contributed by atoms with E-state index in [0.717, 1.165) is 22.3 Å². The average Bonchev–Trinajstić information content (AvgIpc) is 3.57. The first-order chi connectivity index (χ1) is 12.7. The van der Waals surface area contributed by atoms with E-state index in [-0.39, 0.29) is 5.91 Å². The summed E-state index contributed by atoms with van der Waals surface area (Å²) in [6.07, 6.45) is 5.06. The third-order valence-electron chi connectivity index (χ3n) is 5.10. The van der Waals surface area contributed by atoms with Gasteiger partial charge in [0.15, 0.2) is 11.0 Å². The molecule has 2 aliphatic rings. The summed E-state index contributed by atoms with van der Waals surface area (Å²) in [7, 11) is 3.56. The van der Waals surface area contributed by atoms with E-state index in [1.807, 2.05) is 35.9 Å². The van der Waals surface area contributed by atoms with Crippen LogP contribution in [-0.2, 0) is 11.8 Å². The molecule has 0 bridgehead atoms. The summed E-state index contributed by atoms with van der Waals surface area (Å²) in [4.78, 5) is 12.4. The third-order valence-corrected chi connectivity index (χ3v) is 6.12. The molecule has 2 fully saturated rings. The monoisotopic (exact) mass is 372 g/mol. The Morgan fingerprint density at radius 1 is 1.27 bits per heavy atom. The van der Waals surface area contributed by atoms with Crippen molar-refractivity contribution in [3.05, 3.63) is 24.3 Å². The minimum absolute atomic E-state index is 0.0978. The second-order valence-electron chi connectivity index (χ2n) is 7.12. The van der Waals surface area contributed by atoms with Gasteiger partial charge < -0.3 is 14.6 Å². The topological polar surface area (TPSA) is 69.0 Å². The van der Waals surface area contributed by atoms with Crippen molar-refractivity contribution in [2.45, 2.75) is 36.9 Å². The highest BCUT2D eigenvalue weighted by molar-refractivity contribution is 7.99. The van der Waals surface area contributed by atoms with E-state index in [1.165, 1.54) is 37.4 Å². The van der Waals surface area contributed by atoms with Crippen molar-refractivity contribution in [2.75, 3.05) is 12.9 Å². The van der Waals surface area contributed by atoms with Crippen LogP contribution in [0, 0.1) is 11.8 Å². The number of benzene rings is 1. The standard InChI is InChI=1S/C19H24N4O2S/c1-23-18(14-5-3-4-6-15(14)25-2)21-22-19(23)26-11-16(24)20-17(12-7-8-12)13-9-10-13/h3-6,12-13,17H,7-11H2,1-2H3,(H,20,24). The van der Waals surface area contributed by atoms with Crippen molar-refractivity contribution in [3.8, 4) is 17.1 Å². The lowest BCUT2D eigenvalue weighted by Crippen LogP contribution is -2.39. The van der Waals surface area contributed by atoms with E-state index < -0.39 is 0 Å². The lowest BCUT2D eigenvalue weighted by atomic mass is 10.1. The predicted octanol–water partition coefficient (Wildman–Crippen LogP) is 2.89. The minimum atomic E-state index is 0.0978. The fraction of sp³-hybridized carbons (Fsp3) is 0.526. The van der Waals surface area contributed by atoms with Gasteiger partial charge in [-0.3, -0.25) is 4.79 Å². The maximum Gasteiger partial charge on any atom is 0.230 e. The van der Waals surface area contributed by atoms with Gasteiger partial charge in [-0.05, 0) is 49.7 Å². The van der Waals surface area contributed by atoms with Crippen LogP contribution >= 0.6 is 11.8 Å². The van der Waals surface area contributed by atoms with Crippen molar-refractivity contribution in [1.82, 2.24) is 20.1 Å². The molecular weight excluding hydrogens is 348 g/mol. The molecule has 2 saturated carbocycles. The number of hydrogen-bond donors (Lipinski definition) is 1. The van der Waals surface area contributed by atoms with Crippen molar-refractivity contribution >= 4 is 17.7 Å². The quantitative estimate of drug-likeness (QED) is 0.722. The number of aromatic nitrogens is 3. The molecule has 4 rings (SSSR count). The number of rotatable bonds is 8. The first-order valence-electron chi connectivity index (χ1n) is 9.12. The summed E-state index contributed by atoms with van der Waals surface area (Å²) in [6.45, 7) is 0. The molecule has 0 radical (unpaired) electrons. The Kier molecular flexibility index (Phi) is 4.89. The van der Waals surface area contributed by atoms with Crippen molar-refractivity contribution in [3.63, 3.8) is 0 Å². The van der Waals surface area contributed by atoms with E-state index in [2.05, 4.69) is 15.5 Å². The van der Waals surface area contributed by atoms with Gasteiger partial charge in [0.2, 0.25) is 5.91 Å². The second-order valence-corrected chi connectivity index (χ2v) is 8.06. The van der Waals surface area contributed by atoms with Gasteiger partial charge >= 0.3 is 0 Å². The molecule has 7 heteroatoms. The molecule has 0 aliphatic heterocycles. The summed E-state index contributed by atoms with van der Waals surface area (Å²) in [5.74, 6) is 3.38. The summed E-state index contributed by atoms with van der Waals surface area (Å²) in [5, 5.41) is 12.5. The van der Waals surface area contributed by atoms with Crippen LogP contribution in [0.4, 0.5) is 0 Å². The molecule has 26 heavy (non-hydrogen) atoms. The molecule has 138 valence electrons. The smallest absolute Gasteiger partial charge is 0.230 e. The second kappa shape index (κ2) is 7.31. The number of thioether (sulfide) groups is 1. The van der Waals surface area contributed by atoms with E-state index in [9.17, 15) is 4.79 Å². The number of carbonyl (C=O) groups is 1. The fourth-order valence-electron chi connectivity index (χ4n) is 3.39. The molecule has 0 atom stereocenters. The van der Waals surface area contributed by atoms with Gasteiger partial charge in [0.05, 0.1) is 18.4 Å². The minimum Gasteiger partial charge on any atom is -0.496 e. The van der Waals surface area contributed by atoms with Crippen LogP contribution in [0.5, 0.6) is 5.75 Å². The van der Waals surface area contributed by atoms with Crippen LogP contribution < -0.4 is 10.1 Å². The van der Waals surface area contributed by atoms with Crippen LogP contribution in [0.15, 0.2) is 29.4 Å². The van der Waals surface area contributed by atoms with Gasteiger partial charge in [0.1, 0.15) is 5.75 Å². The summed E-state index contributed by atoms with van der Waals surface area (Å²) in [5.41, 5.74) is 0.892. The van der Waals surface area contributed by atoms with Gasteiger partial charge in [-0.25, -0.2) is 0 Å². The molecule has 2 aromatic rings. The highest BCUT2D eigenvalue weighted by atomic mass is 32.2. The zero-order valence-corrected chi connectivity index (χ0v) is 16.0. The van der Waals surface area contributed by atoms with Crippen LogP contribution in [0.3, 0.4) is 0 Å². The largest absolute Gasteiger partial charge is 0.496 e. The molecular formula is C19H24N4O2S. The van der Waals surface area contributed by atoms with Crippen LogP contribution in [-0.4, -0.2) is 39.6 Å². The van der Waals surface area contributed by atoms with E-state index in [4.69, 9.17) is 4.74 Å². The lowest BCUT2D eigenvalue weighted by Gasteiger charge is -2.17. The Balaban J connectivity index is 1.39. The zero-order valence-electron chi connectivity index (χ0n) is 15.1. The number of nitrogens with one attached hydrogen (secondary N) is 1. The van der Waals surface area contributed by atoms with Gasteiger partial charge in [-0.1, -0.05) is 23.9 Å².